The summed E-state index contributed by atoms with van der Waals surface area (Å²) in [6, 6.07) is 7.48. The van der Waals surface area contributed by atoms with Crippen molar-refractivity contribution in [1.82, 2.24) is 0 Å². The quantitative estimate of drug-likeness (QED) is 0.310. The van der Waals surface area contributed by atoms with E-state index >= 15 is 0 Å². The minimum atomic E-state index is -1.40. The molecule has 3 atom stereocenters. The molecule has 1 aromatic rings. The van der Waals surface area contributed by atoms with Gasteiger partial charge in [0, 0.05) is 18.2 Å². The number of ketones is 1. The van der Waals surface area contributed by atoms with Gasteiger partial charge in [-0.3, -0.25) is 14.4 Å². The molecule has 29 heavy (non-hydrogen) atoms. The standard InChI is InChI=1S/C23H31NO5/c1-6-7-14-28-22(27)23(5)20(29-16(3)15(2)21(23)26)13-10-18-8-11-19(12-9-18)24-17(4)25/h8-9,11-12,16,20H,2,6-7,10,13-14H2,1,3-5H3,(H,24,25). The maximum atomic E-state index is 13.0. The van der Waals surface area contributed by atoms with Crippen molar-refractivity contribution in [2.24, 2.45) is 5.41 Å². The van der Waals surface area contributed by atoms with E-state index in [4.69, 9.17) is 9.47 Å². The summed E-state index contributed by atoms with van der Waals surface area (Å²) >= 11 is 0. The number of benzene rings is 1. The van der Waals surface area contributed by atoms with E-state index in [0.29, 0.717) is 18.4 Å². The van der Waals surface area contributed by atoms with E-state index in [2.05, 4.69) is 11.9 Å². The van der Waals surface area contributed by atoms with Crippen molar-refractivity contribution in [2.75, 3.05) is 11.9 Å². The number of Topliss-reactive ketones (excluding diaryl/α,β-unsaturated/α-hetero) is 1. The topological polar surface area (TPSA) is 81.7 Å². The van der Waals surface area contributed by atoms with Crippen molar-refractivity contribution in [1.29, 1.82) is 0 Å². The van der Waals surface area contributed by atoms with Gasteiger partial charge in [-0.15, -0.1) is 0 Å². The zero-order valence-electron chi connectivity index (χ0n) is 17.7. The lowest BCUT2D eigenvalue weighted by atomic mass is 9.72. The van der Waals surface area contributed by atoms with Crippen LogP contribution < -0.4 is 5.32 Å². The van der Waals surface area contributed by atoms with Crippen LogP contribution in [0.5, 0.6) is 0 Å². The molecule has 0 aliphatic carbocycles. The zero-order valence-corrected chi connectivity index (χ0v) is 17.7. The second kappa shape index (κ2) is 9.83. The SMILES string of the molecule is C=C1C(=O)C(C)(C(=O)OCCCC)C(CCc2ccc(NC(C)=O)cc2)OC1C. The Hall–Kier alpha value is -2.47. The Morgan fingerprint density at radius 1 is 1.28 bits per heavy atom. The number of nitrogens with one attached hydrogen (secondary N) is 1. The Morgan fingerprint density at radius 3 is 2.52 bits per heavy atom. The molecule has 1 N–H and O–H groups in total. The molecule has 0 saturated carbocycles. The average Bonchev–Trinajstić information content (AvgIpc) is 2.69. The van der Waals surface area contributed by atoms with Gasteiger partial charge in [0.1, 0.15) is 0 Å². The van der Waals surface area contributed by atoms with E-state index in [0.717, 1.165) is 24.1 Å². The van der Waals surface area contributed by atoms with Crippen LogP contribution in [0.2, 0.25) is 0 Å². The Labute approximate surface area is 172 Å². The van der Waals surface area contributed by atoms with Crippen molar-refractivity contribution >= 4 is 23.3 Å². The first-order valence-corrected chi connectivity index (χ1v) is 10.1. The fraction of sp³-hybridized carbons (Fsp3) is 0.522. The lowest BCUT2D eigenvalue weighted by Gasteiger charge is -2.41. The number of hydrogen-bond donors (Lipinski definition) is 1. The molecule has 1 amide bonds. The zero-order chi connectivity index (χ0) is 21.6. The first kappa shape index (κ1) is 22.8. The van der Waals surface area contributed by atoms with Crippen molar-refractivity contribution in [3.05, 3.63) is 42.0 Å². The van der Waals surface area contributed by atoms with E-state index in [1.54, 1.807) is 13.8 Å². The monoisotopic (exact) mass is 401 g/mol. The number of anilines is 1. The molecule has 1 aliphatic rings. The molecule has 1 saturated heterocycles. The van der Waals surface area contributed by atoms with Crippen molar-refractivity contribution in [2.45, 2.75) is 65.6 Å². The smallest absolute Gasteiger partial charge is 0.322 e. The number of unbranched alkanes of at least 4 members (excludes halogenated alkanes) is 1. The third-order valence-corrected chi connectivity index (χ3v) is 5.39. The first-order valence-electron chi connectivity index (χ1n) is 10.1. The van der Waals surface area contributed by atoms with Gasteiger partial charge in [-0.25, -0.2) is 0 Å². The molecule has 6 nitrogen and oxygen atoms in total. The molecular formula is C23H31NO5. The summed E-state index contributed by atoms with van der Waals surface area (Å²) in [6.07, 6.45) is 1.72. The molecule has 1 aromatic carbocycles. The van der Waals surface area contributed by atoms with Crippen molar-refractivity contribution in [3.63, 3.8) is 0 Å². The van der Waals surface area contributed by atoms with Crippen LogP contribution in [0, 0.1) is 5.41 Å². The molecule has 0 aromatic heterocycles. The molecule has 3 unspecified atom stereocenters. The highest BCUT2D eigenvalue weighted by atomic mass is 16.5. The predicted molar refractivity (Wildman–Crippen MR) is 112 cm³/mol. The first-order chi connectivity index (χ1) is 13.7. The summed E-state index contributed by atoms with van der Waals surface area (Å²) in [5, 5.41) is 2.73. The number of aryl methyl sites for hydroxylation is 1. The van der Waals surface area contributed by atoms with Crippen LogP contribution in [-0.2, 0) is 30.3 Å². The maximum Gasteiger partial charge on any atom is 0.322 e. The highest BCUT2D eigenvalue weighted by Crippen LogP contribution is 2.39. The molecule has 1 heterocycles. The van der Waals surface area contributed by atoms with Crippen LogP contribution in [0.15, 0.2) is 36.4 Å². The molecule has 1 aliphatic heterocycles. The van der Waals surface area contributed by atoms with Crippen molar-refractivity contribution in [3.8, 4) is 0 Å². The second-order valence-corrected chi connectivity index (χ2v) is 7.73. The minimum absolute atomic E-state index is 0.126. The molecule has 6 heteroatoms. The van der Waals surface area contributed by atoms with Gasteiger partial charge in [-0.1, -0.05) is 32.1 Å². The Bertz CT molecular complexity index is 770. The molecule has 0 radical (unpaired) electrons. The number of rotatable bonds is 8. The highest BCUT2D eigenvalue weighted by molar-refractivity contribution is 6.13. The van der Waals surface area contributed by atoms with Crippen LogP contribution in [0.1, 0.15) is 52.5 Å². The summed E-state index contributed by atoms with van der Waals surface area (Å²) in [7, 11) is 0. The van der Waals surface area contributed by atoms with Gasteiger partial charge in [0.05, 0.1) is 18.8 Å². The Balaban J connectivity index is 2.14. The average molecular weight is 402 g/mol. The molecule has 1 fully saturated rings. The normalized spacial score (nSPS) is 24.3. The van der Waals surface area contributed by atoms with E-state index in [1.165, 1.54) is 6.92 Å². The summed E-state index contributed by atoms with van der Waals surface area (Å²) in [5.41, 5.74) is 0.650. The number of hydrogen-bond acceptors (Lipinski definition) is 5. The van der Waals surface area contributed by atoms with E-state index < -0.39 is 23.6 Å². The summed E-state index contributed by atoms with van der Waals surface area (Å²) < 4.78 is 11.4. The minimum Gasteiger partial charge on any atom is -0.465 e. The van der Waals surface area contributed by atoms with Crippen LogP contribution in [0.4, 0.5) is 5.69 Å². The predicted octanol–water partition coefficient (Wildman–Crippen LogP) is 3.84. The highest BCUT2D eigenvalue weighted by Gasteiger charge is 2.54. The molecular weight excluding hydrogens is 370 g/mol. The fourth-order valence-corrected chi connectivity index (χ4v) is 3.42. The summed E-state index contributed by atoms with van der Waals surface area (Å²) in [6.45, 7) is 11.0. The van der Waals surface area contributed by atoms with E-state index in [1.807, 2.05) is 31.2 Å². The second-order valence-electron chi connectivity index (χ2n) is 7.73. The van der Waals surface area contributed by atoms with Gasteiger partial charge in [0.2, 0.25) is 5.91 Å². The molecule has 0 bridgehead atoms. The van der Waals surface area contributed by atoms with Gasteiger partial charge in [-0.2, -0.15) is 0 Å². The third kappa shape index (κ3) is 5.32. The Morgan fingerprint density at radius 2 is 1.93 bits per heavy atom. The fourth-order valence-electron chi connectivity index (χ4n) is 3.42. The van der Waals surface area contributed by atoms with Gasteiger partial charge in [-0.05, 0) is 50.8 Å². The van der Waals surface area contributed by atoms with Gasteiger partial charge in [0.15, 0.2) is 11.2 Å². The van der Waals surface area contributed by atoms with Crippen molar-refractivity contribution < 1.29 is 23.9 Å². The van der Waals surface area contributed by atoms with E-state index in [-0.39, 0.29) is 18.3 Å². The molecule has 158 valence electrons. The van der Waals surface area contributed by atoms with Gasteiger partial charge in [0.25, 0.3) is 0 Å². The van der Waals surface area contributed by atoms with Crippen LogP contribution in [0.25, 0.3) is 0 Å². The number of carbonyl (C=O) groups is 3. The molecule has 0 spiro atoms. The lowest BCUT2D eigenvalue weighted by molar-refractivity contribution is -0.177. The number of amides is 1. The van der Waals surface area contributed by atoms with E-state index in [9.17, 15) is 14.4 Å². The third-order valence-electron chi connectivity index (χ3n) is 5.39. The maximum absolute atomic E-state index is 13.0. The summed E-state index contributed by atoms with van der Waals surface area (Å²) in [5.74, 6) is -0.975. The summed E-state index contributed by atoms with van der Waals surface area (Å²) in [4.78, 5) is 36.9. The van der Waals surface area contributed by atoms with Gasteiger partial charge >= 0.3 is 5.97 Å². The number of esters is 1. The van der Waals surface area contributed by atoms with Crippen LogP contribution >= 0.6 is 0 Å². The number of ether oxygens (including phenoxy) is 2. The lowest BCUT2D eigenvalue weighted by Crippen LogP contribution is -2.55. The van der Waals surface area contributed by atoms with Crippen LogP contribution in [-0.4, -0.2) is 36.5 Å². The molecule has 2 rings (SSSR count). The number of carbonyl (C=O) groups excluding carboxylic acids is 3. The van der Waals surface area contributed by atoms with Gasteiger partial charge < -0.3 is 14.8 Å². The largest absolute Gasteiger partial charge is 0.465 e. The van der Waals surface area contributed by atoms with Crippen LogP contribution in [0.3, 0.4) is 0 Å². The Kier molecular flexibility index (Phi) is 7.73.